The second kappa shape index (κ2) is 8.62. The van der Waals surface area contributed by atoms with Crippen LogP contribution in [-0.4, -0.2) is 29.8 Å². The Morgan fingerprint density at radius 1 is 1.24 bits per heavy atom. The van der Waals surface area contributed by atoms with Gasteiger partial charge in [0.25, 0.3) is 0 Å². The summed E-state index contributed by atoms with van der Waals surface area (Å²) in [7, 11) is 0. The van der Waals surface area contributed by atoms with Gasteiger partial charge in [-0.15, -0.1) is 0 Å². The summed E-state index contributed by atoms with van der Waals surface area (Å²) in [6.07, 6.45) is 1.58. The van der Waals surface area contributed by atoms with E-state index in [2.05, 4.69) is 15.6 Å². The van der Waals surface area contributed by atoms with Crippen LogP contribution in [0.5, 0.6) is 0 Å². The van der Waals surface area contributed by atoms with Crippen molar-refractivity contribution in [3.05, 3.63) is 29.6 Å². The standard InChI is InChI=1S/C16H27N3O2/c1-13-8-7-9-14(19-13)12-17-10-5-6-11-18-15(20)21-16(2,3)4/h7-9,17H,5-6,10-12H2,1-4H3,(H,18,20). The fourth-order valence-corrected chi connectivity index (χ4v) is 1.79. The van der Waals surface area contributed by atoms with Crippen LogP contribution >= 0.6 is 0 Å². The van der Waals surface area contributed by atoms with Crippen molar-refractivity contribution in [1.29, 1.82) is 0 Å². The molecule has 0 atom stereocenters. The summed E-state index contributed by atoms with van der Waals surface area (Å²) in [6, 6.07) is 6.03. The molecule has 0 aliphatic rings. The topological polar surface area (TPSA) is 63.2 Å². The summed E-state index contributed by atoms with van der Waals surface area (Å²) in [6.45, 7) is 9.89. The van der Waals surface area contributed by atoms with E-state index in [0.29, 0.717) is 6.54 Å². The highest BCUT2D eigenvalue weighted by atomic mass is 16.6. The predicted molar refractivity (Wildman–Crippen MR) is 84.2 cm³/mol. The van der Waals surface area contributed by atoms with Gasteiger partial charge in [-0.25, -0.2) is 4.79 Å². The molecule has 1 heterocycles. The van der Waals surface area contributed by atoms with Crippen LogP contribution in [0, 0.1) is 6.92 Å². The highest BCUT2D eigenvalue weighted by molar-refractivity contribution is 5.67. The van der Waals surface area contributed by atoms with E-state index in [4.69, 9.17) is 4.74 Å². The number of pyridine rings is 1. The van der Waals surface area contributed by atoms with Crippen LogP contribution in [-0.2, 0) is 11.3 Å². The van der Waals surface area contributed by atoms with Gasteiger partial charge in [0.2, 0.25) is 0 Å². The Morgan fingerprint density at radius 2 is 1.95 bits per heavy atom. The predicted octanol–water partition coefficient (Wildman–Crippen LogP) is 2.78. The number of nitrogens with zero attached hydrogens (tertiary/aromatic N) is 1. The molecule has 1 aromatic rings. The van der Waals surface area contributed by atoms with Crippen molar-refractivity contribution in [2.24, 2.45) is 0 Å². The van der Waals surface area contributed by atoms with Crippen LogP contribution < -0.4 is 10.6 Å². The molecule has 21 heavy (non-hydrogen) atoms. The lowest BCUT2D eigenvalue weighted by molar-refractivity contribution is 0.0527. The van der Waals surface area contributed by atoms with Crippen molar-refractivity contribution < 1.29 is 9.53 Å². The molecule has 118 valence electrons. The van der Waals surface area contributed by atoms with Gasteiger partial charge in [-0.2, -0.15) is 0 Å². The number of nitrogens with one attached hydrogen (secondary N) is 2. The van der Waals surface area contributed by atoms with Gasteiger partial charge in [0.15, 0.2) is 0 Å². The van der Waals surface area contributed by atoms with Crippen LogP contribution in [0.1, 0.15) is 45.0 Å². The highest BCUT2D eigenvalue weighted by Gasteiger charge is 2.15. The Labute approximate surface area is 127 Å². The number of hydrogen-bond donors (Lipinski definition) is 2. The molecule has 0 bridgehead atoms. The Hall–Kier alpha value is -1.62. The van der Waals surface area contributed by atoms with E-state index >= 15 is 0 Å². The van der Waals surface area contributed by atoms with Crippen molar-refractivity contribution >= 4 is 6.09 Å². The second-order valence-corrected chi connectivity index (χ2v) is 6.08. The number of carbonyl (C=O) groups is 1. The third kappa shape index (κ3) is 9.02. The van der Waals surface area contributed by atoms with Gasteiger partial charge in [-0.05, 0) is 59.2 Å². The molecule has 0 unspecified atom stereocenters. The number of ether oxygens (including phenoxy) is 1. The summed E-state index contributed by atoms with van der Waals surface area (Å²) in [5.74, 6) is 0. The average molecular weight is 293 g/mol. The summed E-state index contributed by atoms with van der Waals surface area (Å²) in [4.78, 5) is 15.8. The maximum Gasteiger partial charge on any atom is 0.407 e. The molecule has 1 aromatic heterocycles. The lowest BCUT2D eigenvalue weighted by Gasteiger charge is -2.19. The number of aryl methyl sites for hydroxylation is 1. The average Bonchev–Trinajstić information content (AvgIpc) is 2.35. The van der Waals surface area contributed by atoms with Gasteiger partial charge >= 0.3 is 6.09 Å². The molecule has 0 radical (unpaired) electrons. The first-order valence-corrected chi connectivity index (χ1v) is 7.47. The summed E-state index contributed by atoms with van der Waals surface area (Å²) >= 11 is 0. The van der Waals surface area contributed by atoms with Gasteiger partial charge in [0, 0.05) is 18.8 Å². The van der Waals surface area contributed by atoms with Crippen LogP contribution in [0.4, 0.5) is 4.79 Å². The number of rotatable bonds is 7. The van der Waals surface area contributed by atoms with Gasteiger partial charge in [-0.1, -0.05) is 6.07 Å². The SMILES string of the molecule is Cc1cccc(CNCCCCNC(=O)OC(C)(C)C)n1. The van der Waals surface area contributed by atoms with Crippen molar-refractivity contribution in [3.8, 4) is 0 Å². The minimum Gasteiger partial charge on any atom is -0.444 e. The number of amides is 1. The van der Waals surface area contributed by atoms with Crippen molar-refractivity contribution in [3.63, 3.8) is 0 Å². The third-order valence-corrected chi connectivity index (χ3v) is 2.70. The number of carbonyl (C=O) groups excluding carboxylic acids is 1. The largest absolute Gasteiger partial charge is 0.444 e. The Morgan fingerprint density at radius 3 is 2.62 bits per heavy atom. The quantitative estimate of drug-likeness (QED) is 0.759. The maximum absolute atomic E-state index is 11.4. The molecular weight excluding hydrogens is 266 g/mol. The van der Waals surface area contributed by atoms with Crippen molar-refractivity contribution in [2.75, 3.05) is 13.1 Å². The number of aromatic nitrogens is 1. The normalized spacial score (nSPS) is 11.2. The van der Waals surface area contributed by atoms with Gasteiger partial charge < -0.3 is 15.4 Å². The van der Waals surface area contributed by atoms with E-state index in [0.717, 1.165) is 37.3 Å². The highest BCUT2D eigenvalue weighted by Crippen LogP contribution is 2.06. The van der Waals surface area contributed by atoms with Crippen LogP contribution in [0.15, 0.2) is 18.2 Å². The molecule has 1 rings (SSSR count). The molecule has 0 saturated heterocycles. The lowest BCUT2D eigenvalue weighted by atomic mass is 10.2. The number of hydrogen-bond acceptors (Lipinski definition) is 4. The minimum atomic E-state index is -0.438. The van der Waals surface area contributed by atoms with Gasteiger partial charge in [0.05, 0.1) is 5.69 Å². The Balaban J connectivity index is 2.01. The van der Waals surface area contributed by atoms with Crippen molar-refractivity contribution in [1.82, 2.24) is 15.6 Å². The van der Waals surface area contributed by atoms with Crippen LogP contribution in [0.2, 0.25) is 0 Å². The zero-order chi connectivity index (χ0) is 15.7. The van der Waals surface area contributed by atoms with E-state index in [9.17, 15) is 4.79 Å². The number of unbranched alkanes of at least 4 members (excludes halogenated alkanes) is 1. The maximum atomic E-state index is 11.4. The Bertz CT molecular complexity index is 441. The summed E-state index contributed by atoms with van der Waals surface area (Å²) < 4.78 is 5.16. The molecule has 0 aliphatic heterocycles. The number of alkyl carbamates (subject to hydrolysis) is 1. The molecule has 2 N–H and O–H groups in total. The molecule has 0 spiro atoms. The molecule has 0 fully saturated rings. The first-order valence-electron chi connectivity index (χ1n) is 7.47. The summed E-state index contributed by atoms with van der Waals surface area (Å²) in [5, 5.41) is 6.10. The van der Waals surface area contributed by atoms with E-state index < -0.39 is 5.60 Å². The zero-order valence-electron chi connectivity index (χ0n) is 13.5. The lowest BCUT2D eigenvalue weighted by Crippen LogP contribution is -2.33. The third-order valence-electron chi connectivity index (χ3n) is 2.70. The van der Waals surface area contributed by atoms with Gasteiger partial charge in [0.1, 0.15) is 5.60 Å². The van der Waals surface area contributed by atoms with Crippen LogP contribution in [0.3, 0.4) is 0 Å². The minimum absolute atomic E-state index is 0.348. The monoisotopic (exact) mass is 293 g/mol. The first-order chi connectivity index (χ1) is 9.87. The van der Waals surface area contributed by atoms with E-state index in [1.165, 1.54) is 0 Å². The first kappa shape index (κ1) is 17.4. The zero-order valence-corrected chi connectivity index (χ0v) is 13.5. The smallest absolute Gasteiger partial charge is 0.407 e. The molecule has 0 saturated carbocycles. The fraction of sp³-hybridized carbons (Fsp3) is 0.625. The molecule has 5 heteroatoms. The Kier molecular flexibility index (Phi) is 7.15. The van der Waals surface area contributed by atoms with E-state index in [1.54, 1.807) is 0 Å². The molecular formula is C16H27N3O2. The molecule has 1 amide bonds. The van der Waals surface area contributed by atoms with Crippen molar-refractivity contribution in [2.45, 2.75) is 52.7 Å². The van der Waals surface area contributed by atoms with Crippen LogP contribution in [0.25, 0.3) is 0 Å². The second-order valence-electron chi connectivity index (χ2n) is 6.08. The fourth-order valence-electron chi connectivity index (χ4n) is 1.79. The molecule has 0 aliphatic carbocycles. The summed E-state index contributed by atoms with van der Waals surface area (Å²) in [5.41, 5.74) is 1.66. The molecule has 0 aromatic carbocycles. The molecule has 5 nitrogen and oxygen atoms in total. The van der Waals surface area contributed by atoms with E-state index in [-0.39, 0.29) is 6.09 Å². The van der Waals surface area contributed by atoms with E-state index in [1.807, 2.05) is 45.9 Å². The van der Waals surface area contributed by atoms with Gasteiger partial charge in [-0.3, -0.25) is 4.98 Å².